The van der Waals surface area contributed by atoms with Crippen LogP contribution in [0, 0.1) is 17.5 Å². The van der Waals surface area contributed by atoms with Gasteiger partial charge in [-0.3, -0.25) is 4.79 Å². The van der Waals surface area contributed by atoms with Gasteiger partial charge in [0.05, 0.1) is 0 Å². The van der Waals surface area contributed by atoms with Crippen LogP contribution in [-0.2, 0) is 10.0 Å². The molecule has 140 valence electrons. The van der Waals surface area contributed by atoms with Crippen molar-refractivity contribution in [3.63, 3.8) is 0 Å². The first-order valence-electron chi connectivity index (χ1n) is 7.76. The van der Waals surface area contributed by atoms with Crippen LogP contribution in [0.4, 0.5) is 18.9 Å². The van der Waals surface area contributed by atoms with Crippen molar-refractivity contribution in [3.8, 4) is 0 Å². The number of benzene rings is 2. The molecule has 0 unspecified atom stereocenters. The number of nitrogens with one attached hydrogen (secondary N) is 1. The predicted octanol–water partition coefficient (Wildman–Crippen LogP) is 3.39. The van der Waals surface area contributed by atoms with Crippen LogP contribution in [0.1, 0.15) is 24.2 Å². The second-order valence-electron chi connectivity index (χ2n) is 5.32. The van der Waals surface area contributed by atoms with Gasteiger partial charge in [0.25, 0.3) is 5.91 Å². The number of carbonyl (C=O) groups is 1. The third kappa shape index (κ3) is 4.05. The second-order valence-corrected chi connectivity index (χ2v) is 7.22. The molecule has 0 fully saturated rings. The summed E-state index contributed by atoms with van der Waals surface area (Å²) in [5, 5.41) is 2.31. The molecule has 2 rings (SSSR count). The zero-order valence-electron chi connectivity index (χ0n) is 14.1. The largest absolute Gasteiger partial charge is 0.322 e. The Labute approximate surface area is 149 Å². The fourth-order valence-electron chi connectivity index (χ4n) is 2.32. The van der Waals surface area contributed by atoms with Crippen molar-refractivity contribution < 1.29 is 26.4 Å². The Hall–Kier alpha value is -2.39. The summed E-state index contributed by atoms with van der Waals surface area (Å²) in [7, 11) is -4.10. The topological polar surface area (TPSA) is 66.5 Å². The Morgan fingerprint density at radius 1 is 0.962 bits per heavy atom. The number of amides is 1. The number of nitrogens with zero attached hydrogens (tertiary/aromatic N) is 1. The molecule has 0 spiro atoms. The average Bonchev–Trinajstić information content (AvgIpc) is 2.59. The fraction of sp³-hybridized carbons (Fsp3) is 0.235. The molecule has 0 radical (unpaired) electrons. The van der Waals surface area contributed by atoms with Crippen LogP contribution in [0.5, 0.6) is 0 Å². The van der Waals surface area contributed by atoms with Crippen molar-refractivity contribution in [2.24, 2.45) is 0 Å². The number of sulfonamides is 1. The van der Waals surface area contributed by atoms with Crippen LogP contribution in [0.3, 0.4) is 0 Å². The molecule has 26 heavy (non-hydrogen) atoms. The van der Waals surface area contributed by atoms with Gasteiger partial charge in [-0.25, -0.2) is 21.6 Å². The quantitative estimate of drug-likeness (QED) is 0.828. The first kappa shape index (κ1) is 19.9. The minimum Gasteiger partial charge on any atom is -0.322 e. The van der Waals surface area contributed by atoms with Gasteiger partial charge in [0, 0.05) is 30.4 Å². The minimum atomic E-state index is -4.10. The molecule has 2 aromatic carbocycles. The lowest BCUT2D eigenvalue weighted by molar-refractivity contribution is 0.102. The number of carbonyl (C=O) groups excluding carboxylic acids is 1. The maximum atomic E-state index is 14.1. The molecule has 1 N–H and O–H groups in total. The fourth-order valence-corrected chi connectivity index (χ4v) is 3.87. The van der Waals surface area contributed by atoms with Crippen molar-refractivity contribution >= 4 is 21.6 Å². The smallest absolute Gasteiger partial charge is 0.255 e. The molecule has 9 heteroatoms. The number of hydrogen-bond acceptors (Lipinski definition) is 3. The summed E-state index contributed by atoms with van der Waals surface area (Å²) >= 11 is 0. The molecule has 0 saturated heterocycles. The molecular formula is C17H17F3N2O3S. The van der Waals surface area contributed by atoms with E-state index < -0.39 is 38.3 Å². The Balaban J connectivity index is 2.36. The van der Waals surface area contributed by atoms with Crippen molar-refractivity contribution in [1.29, 1.82) is 0 Å². The van der Waals surface area contributed by atoms with Gasteiger partial charge in [0.15, 0.2) is 11.6 Å². The van der Waals surface area contributed by atoms with E-state index in [2.05, 4.69) is 5.32 Å². The summed E-state index contributed by atoms with van der Waals surface area (Å²) in [4.78, 5) is 11.6. The molecule has 5 nitrogen and oxygen atoms in total. The first-order chi connectivity index (χ1) is 12.2. The van der Waals surface area contributed by atoms with E-state index in [-0.39, 0.29) is 24.3 Å². The third-order valence-corrected chi connectivity index (χ3v) is 5.76. The lowest BCUT2D eigenvalue weighted by atomic mass is 10.2. The van der Waals surface area contributed by atoms with Crippen LogP contribution >= 0.6 is 0 Å². The van der Waals surface area contributed by atoms with E-state index in [0.717, 1.165) is 40.7 Å². The molecule has 2 aromatic rings. The molecule has 0 atom stereocenters. The van der Waals surface area contributed by atoms with Crippen LogP contribution in [0.2, 0.25) is 0 Å². The van der Waals surface area contributed by atoms with Crippen LogP contribution < -0.4 is 5.32 Å². The molecule has 0 aromatic heterocycles. The summed E-state index contributed by atoms with van der Waals surface area (Å²) < 4.78 is 66.2. The minimum absolute atomic E-state index is 0.0219. The van der Waals surface area contributed by atoms with E-state index in [1.807, 2.05) is 0 Å². The highest BCUT2D eigenvalue weighted by Crippen LogP contribution is 2.22. The monoisotopic (exact) mass is 386 g/mol. The Morgan fingerprint density at radius 2 is 1.58 bits per heavy atom. The number of hydrogen-bond donors (Lipinski definition) is 1. The van der Waals surface area contributed by atoms with E-state index in [1.54, 1.807) is 13.8 Å². The van der Waals surface area contributed by atoms with Gasteiger partial charge in [-0.1, -0.05) is 13.8 Å². The lowest BCUT2D eigenvalue weighted by Crippen LogP contribution is -2.31. The average molecular weight is 386 g/mol. The molecule has 0 bridgehead atoms. The molecular weight excluding hydrogens is 369 g/mol. The van der Waals surface area contributed by atoms with Gasteiger partial charge in [-0.15, -0.1) is 0 Å². The van der Waals surface area contributed by atoms with Gasteiger partial charge in [0.1, 0.15) is 10.7 Å². The summed E-state index contributed by atoms with van der Waals surface area (Å²) in [6.07, 6.45) is 0. The van der Waals surface area contributed by atoms with E-state index in [0.29, 0.717) is 0 Å². The van der Waals surface area contributed by atoms with Gasteiger partial charge < -0.3 is 5.32 Å². The summed E-state index contributed by atoms with van der Waals surface area (Å²) in [6.45, 7) is 3.50. The summed E-state index contributed by atoms with van der Waals surface area (Å²) in [6, 6.07) is 5.66. The number of halogens is 3. The van der Waals surface area contributed by atoms with Gasteiger partial charge in [0.2, 0.25) is 10.0 Å². The highest BCUT2D eigenvalue weighted by Gasteiger charge is 2.26. The van der Waals surface area contributed by atoms with Crippen LogP contribution in [0.25, 0.3) is 0 Å². The Morgan fingerprint density at radius 3 is 2.15 bits per heavy atom. The Kier molecular flexibility index (Phi) is 6.04. The van der Waals surface area contributed by atoms with E-state index in [4.69, 9.17) is 0 Å². The van der Waals surface area contributed by atoms with Gasteiger partial charge in [-0.05, 0) is 30.3 Å². The van der Waals surface area contributed by atoms with Crippen molar-refractivity contribution in [2.45, 2.75) is 18.7 Å². The SMILES string of the molecule is CCN(CC)S(=O)(=O)c1cc(C(=O)Nc2ccc(F)c(F)c2)ccc1F. The molecule has 0 aliphatic carbocycles. The summed E-state index contributed by atoms with van der Waals surface area (Å²) in [5.41, 5.74) is -0.159. The molecule has 0 saturated carbocycles. The van der Waals surface area contributed by atoms with Gasteiger partial charge in [-0.2, -0.15) is 4.31 Å². The maximum absolute atomic E-state index is 14.1. The van der Waals surface area contributed by atoms with Crippen LogP contribution in [0.15, 0.2) is 41.3 Å². The standard InChI is InChI=1S/C17H17F3N2O3S/c1-3-22(4-2)26(24,25)16-9-11(5-7-14(16)19)17(23)21-12-6-8-13(18)15(20)10-12/h5-10H,3-4H2,1-2H3,(H,21,23). The highest BCUT2D eigenvalue weighted by atomic mass is 32.2. The molecule has 0 heterocycles. The van der Waals surface area contributed by atoms with E-state index in [1.165, 1.54) is 0 Å². The first-order valence-corrected chi connectivity index (χ1v) is 9.20. The van der Waals surface area contributed by atoms with E-state index in [9.17, 15) is 26.4 Å². The highest BCUT2D eigenvalue weighted by molar-refractivity contribution is 7.89. The molecule has 0 aliphatic heterocycles. The predicted molar refractivity (Wildman–Crippen MR) is 90.8 cm³/mol. The maximum Gasteiger partial charge on any atom is 0.255 e. The van der Waals surface area contributed by atoms with Gasteiger partial charge >= 0.3 is 0 Å². The number of anilines is 1. The molecule has 0 aliphatic rings. The second kappa shape index (κ2) is 7.88. The zero-order valence-corrected chi connectivity index (χ0v) is 14.9. The van der Waals surface area contributed by atoms with Crippen molar-refractivity contribution in [1.82, 2.24) is 4.31 Å². The van der Waals surface area contributed by atoms with Crippen LogP contribution in [-0.4, -0.2) is 31.7 Å². The third-order valence-electron chi connectivity index (χ3n) is 3.69. The normalized spacial score (nSPS) is 11.6. The van der Waals surface area contributed by atoms with Crippen molar-refractivity contribution in [3.05, 3.63) is 59.4 Å². The molecule has 1 amide bonds. The summed E-state index contributed by atoms with van der Waals surface area (Å²) in [5.74, 6) is -3.99. The van der Waals surface area contributed by atoms with E-state index >= 15 is 0 Å². The van der Waals surface area contributed by atoms with Crippen molar-refractivity contribution in [2.75, 3.05) is 18.4 Å². The number of rotatable bonds is 6. The zero-order chi connectivity index (χ0) is 19.5. The lowest BCUT2D eigenvalue weighted by Gasteiger charge is -2.19. The Bertz CT molecular complexity index is 929.